The zero-order valence-corrected chi connectivity index (χ0v) is 10.8. The van der Waals surface area contributed by atoms with Crippen LogP contribution in [-0.2, 0) is 6.54 Å². The van der Waals surface area contributed by atoms with Gasteiger partial charge in [-0.15, -0.1) is 0 Å². The Hall–Kier alpha value is -1.16. The normalized spacial score (nSPS) is 20.7. The standard InChI is InChI=1S/C13H22N4/c1-3-11-5-6-17(9-11)10-12-7-16-13(8-15-12)14-4-2/h7-8,11H,3-6,9-10H2,1-2H3,(H,14,16). The lowest BCUT2D eigenvalue weighted by atomic mass is 10.1. The maximum atomic E-state index is 4.44. The summed E-state index contributed by atoms with van der Waals surface area (Å²) in [5, 5.41) is 3.16. The van der Waals surface area contributed by atoms with E-state index >= 15 is 0 Å². The number of aromatic nitrogens is 2. The Kier molecular flexibility index (Phi) is 4.31. The summed E-state index contributed by atoms with van der Waals surface area (Å²) in [7, 11) is 0. The molecule has 0 amide bonds. The number of hydrogen-bond donors (Lipinski definition) is 1. The van der Waals surface area contributed by atoms with Crippen molar-refractivity contribution >= 4 is 5.82 Å². The third kappa shape index (κ3) is 3.40. The van der Waals surface area contributed by atoms with E-state index in [1.54, 1.807) is 0 Å². The molecule has 0 saturated carbocycles. The second kappa shape index (κ2) is 5.96. The number of hydrogen-bond acceptors (Lipinski definition) is 4. The van der Waals surface area contributed by atoms with Crippen LogP contribution in [-0.4, -0.2) is 34.5 Å². The average molecular weight is 234 g/mol. The Morgan fingerprint density at radius 3 is 2.82 bits per heavy atom. The highest BCUT2D eigenvalue weighted by Gasteiger charge is 2.20. The predicted molar refractivity (Wildman–Crippen MR) is 69.9 cm³/mol. The minimum Gasteiger partial charge on any atom is -0.369 e. The van der Waals surface area contributed by atoms with Gasteiger partial charge in [0.15, 0.2) is 0 Å². The van der Waals surface area contributed by atoms with Crippen molar-refractivity contribution in [1.29, 1.82) is 0 Å². The molecular formula is C13H22N4. The number of nitrogens with zero attached hydrogens (tertiary/aromatic N) is 3. The van der Waals surface area contributed by atoms with E-state index in [0.29, 0.717) is 0 Å². The lowest BCUT2D eigenvalue weighted by Crippen LogP contribution is -2.20. The van der Waals surface area contributed by atoms with Crippen molar-refractivity contribution in [3.8, 4) is 0 Å². The van der Waals surface area contributed by atoms with Crippen LogP contribution in [0.25, 0.3) is 0 Å². The van der Waals surface area contributed by atoms with E-state index in [4.69, 9.17) is 0 Å². The molecule has 2 heterocycles. The van der Waals surface area contributed by atoms with Gasteiger partial charge < -0.3 is 5.32 Å². The van der Waals surface area contributed by atoms with Gasteiger partial charge in [-0.25, -0.2) is 4.98 Å². The van der Waals surface area contributed by atoms with Crippen LogP contribution in [0.2, 0.25) is 0 Å². The van der Waals surface area contributed by atoms with Gasteiger partial charge in [0.05, 0.1) is 18.1 Å². The Morgan fingerprint density at radius 2 is 2.24 bits per heavy atom. The third-order valence-electron chi connectivity index (χ3n) is 3.40. The Balaban J connectivity index is 1.86. The molecule has 1 aliphatic rings. The van der Waals surface area contributed by atoms with E-state index in [2.05, 4.69) is 34.0 Å². The van der Waals surface area contributed by atoms with Crippen LogP contribution in [0.15, 0.2) is 12.4 Å². The largest absolute Gasteiger partial charge is 0.369 e. The molecule has 1 aromatic rings. The van der Waals surface area contributed by atoms with E-state index in [1.807, 2.05) is 12.4 Å². The van der Waals surface area contributed by atoms with Crippen molar-refractivity contribution in [2.45, 2.75) is 33.2 Å². The fraction of sp³-hybridized carbons (Fsp3) is 0.692. The van der Waals surface area contributed by atoms with Crippen molar-refractivity contribution in [3.63, 3.8) is 0 Å². The van der Waals surface area contributed by atoms with Gasteiger partial charge in [0, 0.05) is 19.6 Å². The van der Waals surface area contributed by atoms with Crippen molar-refractivity contribution in [2.75, 3.05) is 25.0 Å². The second-order valence-corrected chi connectivity index (χ2v) is 4.72. The Morgan fingerprint density at radius 1 is 1.35 bits per heavy atom. The molecule has 2 rings (SSSR count). The molecule has 0 aromatic carbocycles. The summed E-state index contributed by atoms with van der Waals surface area (Å²) in [5.74, 6) is 1.74. The zero-order valence-electron chi connectivity index (χ0n) is 10.8. The molecule has 0 bridgehead atoms. The van der Waals surface area contributed by atoms with Crippen LogP contribution in [0.1, 0.15) is 32.4 Å². The molecular weight excluding hydrogens is 212 g/mol. The highest BCUT2D eigenvalue weighted by molar-refractivity contribution is 5.30. The number of rotatable bonds is 5. The van der Waals surface area contributed by atoms with Crippen molar-refractivity contribution in [1.82, 2.24) is 14.9 Å². The van der Waals surface area contributed by atoms with Gasteiger partial charge in [0.2, 0.25) is 0 Å². The molecule has 1 aliphatic heterocycles. The first-order valence-corrected chi connectivity index (χ1v) is 6.59. The van der Waals surface area contributed by atoms with Crippen LogP contribution in [0, 0.1) is 5.92 Å². The summed E-state index contributed by atoms with van der Waals surface area (Å²) in [6, 6.07) is 0. The average Bonchev–Trinajstić information content (AvgIpc) is 2.80. The highest BCUT2D eigenvalue weighted by atomic mass is 15.2. The number of anilines is 1. The maximum absolute atomic E-state index is 4.44. The molecule has 1 unspecified atom stereocenters. The van der Waals surface area contributed by atoms with Gasteiger partial charge >= 0.3 is 0 Å². The first-order chi connectivity index (χ1) is 8.31. The van der Waals surface area contributed by atoms with Gasteiger partial charge in [0.25, 0.3) is 0 Å². The molecule has 17 heavy (non-hydrogen) atoms. The highest BCUT2D eigenvalue weighted by Crippen LogP contribution is 2.20. The van der Waals surface area contributed by atoms with Crippen molar-refractivity contribution in [3.05, 3.63) is 18.1 Å². The van der Waals surface area contributed by atoms with Crippen LogP contribution in [0.5, 0.6) is 0 Å². The molecule has 1 saturated heterocycles. The molecule has 94 valence electrons. The van der Waals surface area contributed by atoms with E-state index in [0.717, 1.165) is 30.5 Å². The Bertz CT molecular complexity index is 336. The lowest BCUT2D eigenvalue weighted by Gasteiger charge is -2.14. The minimum atomic E-state index is 0.865. The molecule has 0 spiro atoms. The van der Waals surface area contributed by atoms with Crippen LogP contribution < -0.4 is 5.32 Å². The van der Waals surface area contributed by atoms with E-state index in [-0.39, 0.29) is 0 Å². The summed E-state index contributed by atoms with van der Waals surface area (Å²) in [6.07, 6.45) is 6.34. The van der Waals surface area contributed by atoms with Gasteiger partial charge in [0.1, 0.15) is 5.82 Å². The minimum absolute atomic E-state index is 0.865. The smallest absolute Gasteiger partial charge is 0.144 e. The van der Waals surface area contributed by atoms with Crippen molar-refractivity contribution < 1.29 is 0 Å². The summed E-state index contributed by atoms with van der Waals surface area (Å²) in [6.45, 7) is 8.58. The fourth-order valence-corrected chi connectivity index (χ4v) is 2.33. The lowest BCUT2D eigenvalue weighted by molar-refractivity contribution is 0.311. The first kappa shape index (κ1) is 12.3. The van der Waals surface area contributed by atoms with Crippen molar-refractivity contribution in [2.24, 2.45) is 5.92 Å². The summed E-state index contributed by atoms with van der Waals surface area (Å²) in [4.78, 5) is 11.3. The molecule has 1 N–H and O–H groups in total. The van der Waals surface area contributed by atoms with Crippen LogP contribution >= 0.6 is 0 Å². The molecule has 4 heteroatoms. The van der Waals surface area contributed by atoms with E-state index in [1.165, 1.54) is 25.9 Å². The molecule has 4 nitrogen and oxygen atoms in total. The summed E-state index contributed by atoms with van der Waals surface area (Å²) >= 11 is 0. The molecule has 1 atom stereocenters. The Labute approximate surface area is 103 Å². The monoisotopic (exact) mass is 234 g/mol. The second-order valence-electron chi connectivity index (χ2n) is 4.72. The molecule has 0 aliphatic carbocycles. The van der Waals surface area contributed by atoms with Gasteiger partial charge in [-0.3, -0.25) is 9.88 Å². The first-order valence-electron chi connectivity index (χ1n) is 6.59. The predicted octanol–water partition coefficient (Wildman–Crippen LogP) is 2.14. The van der Waals surface area contributed by atoms with E-state index in [9.17, 15) is 0 Å². The quantitative estimate of drug-likeness (QED) is 0.847. The topological polar surface area (TPSA) is 41.1 Å². The summed E-state index contributed by atoms with van der Waals surface area (Å²) < 4.78 is 0. The fourth-order valence-electron chi connectivity index (χ4n) is 2.33. The van der Waals surface area contributed by atoms with Crippen LogP contribution in [0.4, 0.5) is 5.82 Å². The number of likely N-dealkylation sites (tertiary alicyclic amines) is 1. The SMILES string of the molecule is CCNc1cnc(CN2CCC(CC)C2)cn1. The van der Waals surface area contributed by atoms with Gasteiger partial charge in [-0.1, -0.05) is 13.3 Å². The van der Waals surface area contributed by atoms with Gasteiger partial charge in [-0.2, -0.15) is 0 Å². The molecule has 1 aromatic heterocycles. The molecule has 1 fully saturated rings. The summed E-state index contributed by atoms with van der Waals surface area (Å²) in [5.41, 5.74) is 1.07. The maximum Gasteiger partial charge on any atom is 0.144 e. The van der Waals surface area contributed by atoms with E-state index < -0.39 is 0 Å². The third-order valence-corrected chi connectivity index (χ3v) is 3.40. The van der Waals surface area contributed by atoms with Crippen LogP contribution in [0.3, 0.4) is 0 Å². The molecule has 0 radical (unpaired) electrons. The number of nitrogens with one attached hydrogen (secondary N) is 1. The van der Waals surface area contributed by atoms with Gasteiger partial charge in [-0.05, 0) is 25.8 Å². The zero-order chi connectivity index (χ0) is 12.1.